The highest BCUT2D eigenvalue weighted by Crippen LogP contribution is 2.23. The van der Waals surface area contributed by atoms with Crippen molar-refractivity contribution in [2.45, 2.75) is 25.3 Å². The summed E-state index contributed by atoms with van der Waals surface area (Å²) >= 11 is 0. The van der Waals surface area contributed by atoms with E-state index in [-0.39, 0.29) is 18.4 Å². The number of nitrogens with one attached hydrogen (secondary N) is 1. The minimum Gasteiger partial charge on any atom is -0.337 e. The van der Waals surface area contributed by atoms with Gasteiger partial charge in [0.2, 0.25) is 11.7 Å². The Bertz CT molecular complexity index is 482. The monoisotopic (exact) mass is 266 g/mol. The molecule has 0 amide bonds. The smallest absolute Gasteiger partial charge is 0.244 e. The van der Waals surface area contributed by atoms with Gasteiger partial charge in [-0.25, -0.2) is 0 Å². The van der Waals surface area contributed by atoms with E-state index < -0.39 is 0 Å². The lowest BCUT2D eigenvalue weighted by molar-refractivity contribution is 0.297. The van der Waals surface area contributed by atoms with Gasteiger partial charge in [-0.05, 0) is 31.5 Å². The van der Waals surface area contributed by atoms with E-state index >= 15 is 0 Å². The Labute approximate surface area is 111 Å². The zero-order valence-corrected chi connectivity index (χ0v) is 10.7. The summed E-state index contributed by atoms with van der Waals surface area (Å²) in [7, 11) is 0. The van der Waals surface area contributed by atoms with Crippen LogP contribution in [0.15, 0.2) is 29.0 Å². The second-order valence-corrected chi connectivity index (χ2v) is 4.19. The molecule has 18 heavy (non-hydrogen) atoms. The highest BCUT2D eigenvalue weighted by molar-refractivity contribution is 5.85. The van der Waals surface area contributed by atoms with Gasteiger partial charge in [-0.3, -0.25) is 4.98 Å². The summed E-state index contributed by atoms with van der Waals surface area (Å²) in [6.45, 7) is 1.03. The van der Waals surface area contributed by atoms with Gasteiger partial charge in [-0.2, -0.15) is 4.98 Å². The van der Waals surface area contributed by atoms with E-state index in [9.17, 15) is 0 Å². The summed E-state index contributed by atoms with van der Waals surface area (Å²) in [5.41, 5.74) is 0.936. The molecule has 0 radical (unpaired) electrons. The minimum absolute atomic E-state index is 0. The maximum Gasteiger partial charge on any atom is 0.244 e. The maximum absolute atomic E-state index is 5.31. The highest BCUT2D eigenvalue weighted by atomic mass is 35.5. The summed E-state index contributed by atoms with van der Waals surface area (Å²) in [6.07, 6.45) is 6.96. The molecule has 0 spiro atoms. The molecule has 96 valence electrons. The molecular formula is C12H15ClN4O. The summed E-state index contributed by atoms with van der Waals surface area (Å²) in [5, 5.41) is 7.40. The predicted molar refractivity (Wildman–Crippen MR) is 69.4 cm³/mol. The molecule has 2 aromatic rings. The molecule has 1 fully saturated rings. The van der Waals surface area contributed by atoms with Crippen molar-refractivity contribution in [2.24, 2.45) is 0 Å². The molecule has 0 unspecified atom stereocenters. The molecule has 0 saturated carbocycles. The Kier molecular flexibility index (Phi) is 4.28. The summed E-state index contributed by atoms with van der Waals surface area (Å²) in [4.78, 5) is 8.41. The molecule has 1 aliphatic heterocycles. The standard InChI is InChI=1S/C12H14N4O.ClH/c1-2-6-14-10(3-1)12-15-11(16-17-12)9-4-7-13-8-5-9;/h4-5,7-8,10,14H,1-3,6H2;1H/t10-;/m1./s1. The van der Waals surface area contributed by atoms with Crippen LogP contribution in [0.4, 0.5) is 0 Å². The van der Waals surface area contributed by atoms with Crippen molar-refractivity contribution in [1.82, 2.24) is 20.4 Å². The first-order valence-electron chi connectivity index (χ1n) is 5.91. The average molecular weight is 267 g/mol. The fourth-order valence-electron chi connectivity index (χ4n) is 2.06. The van der Waals surface area contributed by atoms with Crippen molar-refractivity contribution in [3.63, 3.8) is 0 Å². The molecule has 5 nitrogen and oxygen atoms in total. The first-order valence-corrected chi connectivity index (χ1v) is 5.91. The van der Waals surface area contributed by atoms with Gasteiger partial charge in [0.05, 0.1) is 6.04 Å². The molecule has 0 aliphatic carbocycles. The normalized spacial score (nSPS) is 19.2. The van der Waals surface area contributed by atoms with Gasteiger partial charge in [0.1, 0.15) is 0 Å². The number of nitrogens with zero attached hydrogens (tertiary/aromatic N) is 3. The fraction of sp³-hybridized carbons (Fsp3) is 0.417. The topological polar surface area (TPSA) is 63.8 Å². The molecule has 3 heterocycles. The van der Waals surface area contributed by atoms with Gasteiger partial charge in [0.15, 0.2) is 0 Å². The summed E-state index contributed by atoms with van der Waals surface area (Å²) in [6, 6.07) is 3.97. The van der Waals surface area contributed by atoms with Crippen LogP contribution < -0.4 is 5.32 Å². The molecule has 0 aromatic carbocycles. The van der Waals surface area contributed by atoms with E-state index in [1.165, 1.54) is 12.8 Å². The lowest BCUT2D eigenvalue weighted by Crippen LogP contribution is -2.26. The van der Waals surface area contributed by atoms with Crippen molar-refractivity contribution >= 4 is 12.4 Å². The van der Waals surface area contributed by atoms with Crippen LogP contribution in [0, 0.1) is 0 Å². The predicted octanol–water partition coefficient (Wildman–Crippen LogP) is 2.37. The van der Waals surface area contributed by atoms with Crippen LogP contribution in [0.5, 0.6) is 0 Å². The maximum atomic E-state index is 5.31. The third-order valence-electron chi connectivity index (χ3n) is 2.99. The van der Waals surface area contributed by atoms with Crippen molar-refractivity contribution in [1.29, 1.82) is 0 Å². The zero-order chi connectivity index (χ0) is 11.5. The van der Waals surface area contributed by atoms with Crippen molar-refractivity contribution in [2.75, 3.05) is 6.54 Å². The van der Waals surface area contributed by atoms with E-state index in [1.54, 1.807) is 12.4 Å². The van der Waals surface area contributed by atoms with E-state index in [0.717, 1.165) is 18.5 Å². The quantitative estimate of drug-likeness (QED) is 0.904. The van der Waals surface area contributed by atoms with Crippen LogP contribution in [0.25, 0.3) is 11.4 Å². The number of piperidine rings is 1. The van der Waals surface area contributed by atoms with Crippen molar-refractivity contribution in [3.8, 4) is 11.4 Å². The van der Waals surface area contributed by atoms with Gasteiger partial charge >= 0.3 is 0 Å². The molecule has 1 N–H and O–H groups in total. The van der Waals surface area contributed by atoms with Crippen LogP contribution >= 0.6 is 12.4 Å². The van der Waals surface area contributed by atoms with E-state index in [0.29, 0.717) is 11.7 Å². The summed E-state index contributed by atoms with van der Waals surface area (Å²) in [5.74, 6) is 1.33. The highest BCUT2D eigenvalue weighted by Gasteiger charge is 2.21. The van der Waals surface area contributed by atoms with Gasteiger partial charge in [0, 0.05) is 18.0 Å². The number of aromatic nitrogens is 3. The van der Waals surface area contributed by atoms with Crippen LogP contribution in [-0.4, -0.2) is 21.7 Å². The Morgan fingerprint density at radius 2 is 2.06 bits per heavy atom. The Balaban J connectivity index is 0.00000120. The zero-order valence-electron chi connectivity index (χ0n) is 9.87. The first-order chi connectivity index (χ1) is 8.43. The molecule has 1 atom stereocenters. The van der Waals surface area contributed by atoms with E-state index in [1.807, 2.05) is 12.1 Å². The molecule has 3 rings (SSSR count). The number of pyridine rings is 1. The molecule has 6 heteroatoms. The minimum atomic E-state index is 0. The second-order valence-electron chi connectivity index (χ2n) is 4.19. The van der Waals surface area contributed by atoms with Gasteiger partial charge < -0.3 is 9.84 Å². The van der Waals surface area contributed by atoms with Gasteiger partial charge in [-0.15, -0.1) is 12.4 Å². The Morgan fingerprint density at radius 3 is 2.78 bits per heavy atom. The second kappa shape index (κ2) is 5.93. The lowest BCUT2D eigenvalue weighted by atomic mass is 10.1. The number of rotatable bonds is 2. The number of hydrogen-bond acceptors (Lipinski definition) is 5. The van der Waals surface area contributed by atoms with Crippen molar-refractivity contribution < 1.29 is 4.52 Å². The Morgan fingerprint density at radius 1 is 1.22 bits per heavy atom. The van der Waals surface area contributed by atoms with E-state index in [4.69, 9.17) is 4.52 Å². The molecule has 2 aromatic heterocycles. The molecule has 1 aliphatic rings. The molecule has 1 saturated heterocycles. The van der Waals surface area contributed by atoms with Gasteiger partial charge in [0.25, 0.3) is 0 Å². The lowest BCUT2D eigenvalue weighted by Gasteiger charge is -2.19. The molecule has 0 bridgehead atoms. The van der Waals surface area contributed by atoms with Gasteiger partial charge in [-0.1, -0.05) is 11.6 Å². The SMILES string of the molecule is Cl.c1cc(-c2noc([C@H]3CCCCN3)n2)ccn1. The van der Waals surface area contributed by atoms with Crippen LogP contribution in [-0.2, 0) is 0 Å². The largest absolute Gasteiger partial charge is 0.337 e. The third kappa shape index (κ3) is 2.68. The van der Waals surface area contributed by atoms with Crippen LogP contribution in [0.3, 0.4) is 0 Å². The Hall–Kier alpha value is -1.46. The first kappa shape index (κ1) is 13.0. The third-order valence-corrected chi connectivity index (χ3v) is 2.99. The fourth-order valence-corrected chi connectivity index (χ4v) is 2.06. The average Bonchev–Trinajstić information content (AvgIpc) is 2.90. The van der Waals surface area contributed by atoms with E-state index in [2.05, 4.69) is 20.4 Å². The van der Waals surface area contributed by atoms with Crippen LogP contribution in [0.1, 0.15) is 31.2 Å². The summed E-state index contributed by atoms with van der Waals surface area (Å²) < 4.78 is 5.31. The van der Waals surface area contributed by atoms with Crippen LogP contribution in [0.2, 0.25) is 0 Å². The number of halogens is 1. The van der Waals surface area contributed by atoms with Crippen molar-refractivity contribution in [3.05, 3.63) is 30.4 Å². The molecular weight excluding hydrogens is 252 g/mol. The number of hydrogen-bond donors (Lipinski definition) is 1.